The fourth-order valence-corrected chi connectivity index (χ4v) is 3.34. The van der Waals surface area contributed by atoms with Crippen molar-refractivity contribution in [3.8, 4) is 0 Å². The average Bonchev–Trinajstić information content (AvgIpc) is 2.90. The summed E-state index contributed by atoms with van der Waals surface area (Å²) in [5.41, 5.74) is 0.0147. The second-order valence-corrected chi connectivity index (χ2v) is 5.70. The third-order valence-electron chi connectivity index (χ3n) is 3.53. The molecule has 5 heteroatoms. The molecule has 1 aliphatic rings. The van der Waals surface area contributed by atoms with Gasteiger partial charge in [-0.2, -0.15) is 0 Å². The zero-order valence-electron chi connectivity index (χ0n) is 10.8. The van der Waals surface area contributed by atoms with Crippen molar-refractivity contribution in [1.29, 1.82) is 0 Å². The van der Waals surface area contributed by atoms with Crippen LogP contribution in [0.5, 0.6) is 0 Å². The smallest absolute Gasteiger partial charge is 0.114 e. The molecule has 1 fully saturated rings. The monoisotopic (exact) mass is 255 g/mol. The van der Waals surface area contributed by atoms with Crippen LogP contribution in [0.15, 0.2) is 11.6 Å². The van der Waals surface area contributed by atoms with Gasteiger partial charge in [0.1, 0.15) is 5.01 Å². The van der Waals surface area contributed by atoms with E-state index in [1.807, 2.05) is 6.20 Å². The Morgan fingerprint density at radius 1 is 1.71 bits per heavy atom. The molecule has 2 atom stereocenters. The Balaban J connectivity index is 2.13. The molecule has 17 heavy (non-hydrogen) atoms. The van der Waals surface area contributed by atoms with E-state index in [1.165, 1.54) is 5.01 Å². The minimum absolute atomic E-state index is 0.0147. The fraction of sp³-hybridized carbons (Fsp3) is 0.750. The van der Waals surface area contributed by atoms with E-state index in [0.717, 1.165) is 26.1 Å². The standard InChI is InChI=1S/C12H21N3OS/c1-10-8-12(9-15(10)2,14-4-6-16-3)11-13-5-7-17-11/h5,7,10,14H,4,6,8-9H2,1-3H3. The van der Waals surface area contributed by atoms with E-state index in [9.17, 15) is 0 Å². The van der Waals surface area contributed by atoms with Crippen LogP contribution in [0, 0.1) is 0 Å². The van der Waals surface area contributed by atoms with Crippen molar-refractivity contribution in [1.82, 2.24) is 15.2 Å². The molecule has 0 saturated carbocycles. The van der Waals surface area contributed by atoms with Crippen LogP contribution < -0.4 is 5.32 Å². The predicted octanol–water partition coefficient (Wildman–Crippen LogP) is 1.30. The minimum atomic E-state index is 0.0147. The Bertz CT molecular complexity index is 332. The molecule has 1 aromatic heterocycles. The summed E-state index contributed by atoms with van der Waals surface area (Å²) in [5, 5.41) is 6.89. The van der Waals surface area contributed by atoms with E-state index in [4.69, 9.17) is 4.74 Å². The lowest BCUT2D eigenvalue weighted by atomic mass is 9.97. The Morgan fingerprint density at radius 2 is 2.53 bits per heavy atom. The van der Waals surface area contributed by atoms with E-state index in [2.05, 4.69) is 34.6 Å². The van der Waals surface area contributed by atoms with Gasteiger partial charge in [-0.1, -0.05) is 0 Å². The molecule has 0 aromatic carbocycles. The number of rotatable bonds is 5. The molecule has 0 bridgehead atoms. The summed E-state index contributed by atoms with van der Waals surface area (Å²) in [6.07, 6.45) is 3.00. The molecule has 4 nitrogen and oxygen atoms in total. The lowest BCUT2D eigenvalue weighted by molar-refractivity contribution is 0.183. The number of methoxy groups -OCH3 is 1. The van der Waals surface area contributed by atoms with E-state index in [-0.39, 0.29) is 5.54 Å². The first-order valence-electron chi connectivity index (χ1n) is 6.02. The topological polar surface area (TPSA) is 37.4 Å². The van der Waals surface area contributed by atoms with E-state index < -0.39 is 0 Å². The van der Waals surface area contributed by atoms with Crippen molar-refractivity contribution >= 4 is 11.3 Å². The summed E-state index contributed by atoms with van der Waals surface area (Å²) in [6, 6.07) is 0.592. The average molecular weight is 255 g/mol. The van der Waals surface area contributed by atoms with Gasteiger partial charge in [-0.15, -0.1) is 11.3 Å². The highest BCUT2D eigenvalue weighted by Gasteiger charge is 2.43. The normalized spacial score (nSPS) is 29.9. The molecular formula is C12H21N3OS. The lowest BCUT2D eigenvalue weighted by Gasteiger charge is -2.28. The van der Waals surface area contributed by atoms with Crippen molar-refractivity contribution in [2.45, 2.75) is 24.9 Å². The number of aromatic nitrogens is 1. The van der Waals surface area contributed by atoms with Crippen molar-refractivity contribution in [2.75, 3.05) is 33.9 Å². The second-order valence-electron chi connectivity index (χ2n) is 4.81. The van der Waals surface area contributed by atoms with Crippen molar-refractivity contribution < 1.29 is 4.74 Å². The van der Waals surface area contributed by atoms with Gasteiger partial charge in [0, 0.05) is 37.8 Å². The maximum atomic E-state index is 5.12. The quantitative estimate of drug-likeness (QED) is 0.805. The van der Waals surface area contributed by atoms with Crippen LogP contribution in [0.2, 0.25) is 0 Å². The van der Waals surface area contributed by atoms with Gasteiger partial charge in [-0.05, 0) is 20.4 Å². The first-order chi connectivity index (χ1) is 8.18. The van der Waals surface area contributed by atoms with Crippen LogP contribution in [0.4, 0.5) is 0 Å². The van der Waals surface area contributed by atoms with Crippen molar-refractivity contribution in [3.05, 3.63) is 16.6 Å². The Kier molecular flexibility index (Phi) is 4.14. The molecule has 1 saturated heterocycles. The van der Waals surface area contributed by atoms with Crippen molar-refractivity contribution in [2.24, 2.45) is 0 Å². The lowest BCUT2D eigenvalue weighted by Crippen LogP contribution is -2.45. The number of ether oxygens (including phenoxy) is 1. The van der Waals surface area contributed by atoms with Gasteiger partial charge in [0.05, 0.1) is 12.1 Å². The summed E-state index contributed by atoms with van der Waals surface area (Å²) >= 11 is 1.74. The summed E-state index contributed by atoms with van der Waals surface area (Å²) in [4.78, 5) is 6.90. The highest BCUT2D eigenvalue weighted by atomic mass is 32.1. The number of nitrogens with one attached hydrogen (secondary N) is 1. The van der Waals surface area contributed by atoms with Crippen molar-refractivity contribution in [3.63, 3.8) is 0 Å². The van der Waals surface area contributed by atoms with Gasteiger partial charge >= 0.3 is 0 Å². The number of likely N-dealkylation sites (N-methyl/N-ethyl adjacent to an activating group) is 1. The molecule has 0 amide bonds. The Hall–Kier alpha value is -0.490. The van der Waals surface area contributed by atoms with Gasteiger partial charge < -0.3 is 15.0 Å². The Labute approximate surface area is 107 Å². The van der Waals surface area contributed by atoms with Crippen LogP contribution in [0.3, 0.4) is 0 Å². The van der Waals surface area contributed by atoms with E-state index in [1.54, 1.807) is 18.4 Å². The van der Waals surface area contributed by atoms with Gasteiger partial charge in [0.15, 0.2) is 0 Å². The van der Waals surface area contributed by atoms with Crippen LogP contribution >= 0.6 is 11.3 Å². The maximum absolute atomic E-state index is 5.12. The molecule has 2 unspecified atom stereocenters. The zero-order valence-corrected chi connectivity index (χ0v) is 11.6. The molecule has 2 heterocycles. The number of nitrogens with zero attached hydrogens (tertiary/aromatic N) is 2. The third-order valence-corrected chi connectivity index (χ3v) is 4.50. The third kappa shape index (κ3) is 2.68. The molecule has 0 aliphatic carbocycles. The van der Waals surface area contributed by atoms with Crippen LogP contribution in [0.25, 0.3) is 0 Å². The second kappa shape index (κ2) is 5.44. The van der Waals surface area contributed by atoms with Crippen LogP contribution in [-0.4, -0.2) is 49.8 Å². The molecule has 1 aliphatic heterocycles. The number of thiazole rings is 1. The first-order valence-corrected chi connectivity index (χ1v) is 6.90. The molecule has 1 aromatic rings. The fourth-order valence-electron chi connectivity index (χ4n) is 2.52. The summed E-state index contributed by atoms with van der Waals surface area (Å²) < 4.78 is 5.12. The minimum Gasteiger partial charge on any atom is -0.383 e. The molecule has 2 rings (SSSR count). The van der Waals surface area contributed by atoms with Gasteiger partial charge in [0.25, 0.3) is 0 Å². The summed E-state index contributed by atoms with van der Waals surface area (Å²) in [6.45, 7) is 4.90. The molecule has 96 valence electrons. The van der Waals surface area contributed by atoms with Gasteiger partial charge in [-0.25, -0.2) is 4.98 Å². The molecule has 0 radical (unpaired) electrons. The van der Waals surface area contributed by atoms with E-state index >= 15 is 0 Å². The largest absolute Gasteiger partial charge is 0.383 e. The van der Waals surface area contributed by atoms with Gasteiger partial charge in [-0.3, -0.25) is 0 Å². The highest BCUT2D eigenvalue weighted by molar-refractivity contribution is 7.09. The van der Waals surface area contributed by atoms with Crippen LogP contribution in [-0.2, 0) is 10.3 Å². The maximum Gasteiger partial charge on any atom is 0.114 e. The molecule has 0 spiro atoms. The molecular weight excluding hydrogens is 234 g/mol. The Morgan fingerprint density at radius 3 is 3.06 bits per heavy atom. The predicted molar refractivity (Wildman–Crippen MR) is 70.4 cm³/mol. The number of likely N-dealkylation sites (tertiary alicyclic amines) is 1. The van der Waals surface area contributed by atoms with E-state index in [0.29, 0.717) is 6.04 Å². The zero-order chi connectivity index (χ0) is 12.3. The summed E-state index contributed by atoms with van der Waals surface area (Å²) in [5.74, 6) is 0. The first kappa shape index (κ1) is 13.0. The summed E-state index contributed by atoms with van der Waals surface area (Å²) in [7, 11) is 3.92. The van der Waals surface area contributed by atoms with Crippen LogP contribution in [0.1, 0.15) is 18.4 Å². The SMILES string of the molecule is COCCNC1(c2nccs2)CC(C)N(C)C1. The molecule has 1 N–H and O–H groups in total. The van der Waals surface area contributed by atoms with Gasteiger partial charge in [0.2, 0.25) is 0 Å². The highest BCUT2D eigenvalue weighted by Crippen LogP contribution is 2.35. The number of hydrogen-bond donors (Lipinski definition) is 1. The number of hydrogen-bond acceptors (Lipinski definition) is 5.